The van der Waals surface area contributed by atoms with E-state index < -0.39 is 10.0 Å². The van der Waals surface area contributed by atoms with Crippen molar-refractivity contribution < 1.29 is 12.8 Å². The normalized spacial score (nSPS) is 24.8. The molecule has 0 unspecified atom stereocenters. The van der Waals surface area contributed by atoms with Gasteiger partial charge in [-0.1, -0.05) is 25.1 Å². The lowest BCUT2D eigenvalue weighted by Gasteiger charge is -2.36. The summed E-state index contributed by atoms with van der Waals surface area (Å²) in [6.07, 6.45) is 2.00. The third-order valence-electron chi connectivity index (χ3n) is 3.85. The summed E-state index contributed by atoms with van der Waals surface area (Å²) >= 11 is 0. The zero-order chi connectivity index (χ0) is 14.8. The fraction of sp³-hybridized carbons (Fsp3) is 0.571. The van der Waals surface area contributed by atoms with E-state index in [2.05, 4.69) is 5.32 Å². The maximum Gasteiger partial charge on any atom is 0.211 e. The first-order valence-corrected chi connectivity index (χ1v) is 8.64. The molecule has 112 valence electrons. The Morgan fingerprint density at radius 3 is 2.70 bits per heavy atom. The largest absolute Gasteiger partial charge is 0.309 e. The first kappa shape index (κ1) is 15.4. The molecule has 1 aliphatic heterocycles. The molecule has 4 nitrogen and oxygen atoms in total. The van der Waals surface area contributed by atoms with E-state index in [0.29, 0.717) is 25.2 Å². The van der Waals surface area contributed by atoms with Crippen molar-refractivity contribution in [3.8, 4) is 0 Å². The van der Waals surface area contributed by atoms with Gasteiger partial charge in [-0.2, -0.15) is 0 Å². The van der Waals surface area contributed by atoms with E-state index in [9.17, 15) is 12.8 Å². The molecule has 0 radical (unpaired) electrons. The number of hydrogen-bond acceptors (Lipinski definition) is 3. The highest BCUT2D eigenvalue weighted by Crippen LogP contribution is 2.19. The van der Waals surface area contributed by atoms with Crippen LogP contribution in [0.3, 0.4) is 0 Å². The van der Waals surface area contributed by atoms with E-state index in [0.717, 1.165) is 6.42 Å². The van der Waals surface area contributed by atoms with Gasteiger partial charge in [-0.3, -0.25) is 0 Å². The second kappa shape index (κ2) is 6.20. The van der Waals surface area contributed by atoms with Crippen molar-refractivity contribution >= 4 is 10.0 Å². The van der Waals surface area contributed by atoms with Crippen LogP contribution < -0.4 is 5.32 Å². The molecular formula is C14H21FN2O2S. The summed E-state index contributed by atoms with van der Waals surface area (Å²) in [5, 5.41) is 3.34. The molecule has 1 aromatic rings. The first-order valence-electron chi connectivity index (χ1n) is 6.80. The summed E-state index contributed by atoms with van der Waals surface area (Å²) in [5.41, 5.74) is 0.644. The van der Waals surface area contributed by atoms with Gasteiger partial charge in [0.2, 0.25) is 10.0 Å². The number of sulfonamides is 1. The van der Waals surface area contributed by atoms with E-state index in [1.165, 1.54) is 16.6 Å². The topological polar surface area (TPSA) is 49.4 Å². The van der Waals surface area contributed by atoms with Crippen molar-refractivity contribution in [2.24, 2.45) is 5.92 Å². The minimum atomic E-state index is -3.11. The molecule has 1 saturated heterocycles. The van der Waals surface area contributed by atoms with Crippen LogP contribution in [0.2, 0.25) is 0 Å². The lowest BCUT2D eigenvalue weighted by Crippen LogP contribution is -2.49. The number of nitrogens with zero attached hydrogens (tertiary/aromatic N) is 1. The van der Waals surface area contributed by atoms with Gasteiger partial charge < -0.3 is 5.32 Å². The summed E-state index contributed by atoms with van der Waals surface area (Å²) in [4.78, 5) is 0. The smallest absolute Gasteiger partial charge is 0.211 e. The summed E-state index contributed by atoms with van der Waals surface area (Å²) in [7, 11) is -3.11. The number of hydrogen-bond donors (Lipinski definition) is 1. The predicted octanol–water partition coefficient (Wildman–Crippen LogP) is 1.59. The van der Waals surface area contributed by atoms with Gasteiger partial charge in [0.25, 0.3) is 0 Å². The van der Waals surface area contributed by atoms with E-state index >= 15 is 0 Å². The van der Waals surface area contributed by atoms with Crippen molar-refractivity contribution in [2.45, 2.75) is 25.9 Å². The number of nitrogens with one attached hydrogen (secondary N) is 1. The van der Waals surface area contributed by atoms with E-state index in [1.807, 2.05) is 13.0 Å². The van der Waals surface area contributed by atoms with Crippen LogP contribution in [0, 0.1) is 11.7 Å². The molecule has 0 saturated carbocycles. The van der Waals surface area contributed by atoms with Crippen LogP contribution in [0.1, 0.15) is 18.9 Å². The minimum absolute atomic E-state index is 0.207. The van der Waals surface area contributed by atoms with Crippen LogP contribution >= 0.6 is 0 Å². The average Bonchev–Trinajstić information content (AvgIpc) is 2.38. The van der Waals surface area contributed by atoms with Crippen molar-refractivity contribution in [3.05, 3.63) is 35.6 Å². The lowest BCUT2D eigenvalue weighted by molar-refractivity contribution is 0.219. The molecule has 1 aromatic carbocycles. The maximum atomic E-state index is 13.5. The molecule has 1 N–H and O–H groups in total. The average molecular weight is 300 g/mol. The van der Waals surface area contributed by atoms with Crippen LogP contribution in [0.4, 0.5) is 4.39 Å². The van der Waals surface area contributed by atoms with E-state index in [1.54, 1.807) is 12.1 Å². The fourth-order valence-electron chi connectivity index (χ4n) is 2.59. The van der Waals surface area contributed by atoms with Gasteiger partial charge in [0.1, 0.15) is 5.82 Å². The van der Waals surface area contributed by atoms with Crippen molar-refractivity contribution in [2.75, 3.05) is 19.3 Å². The molecule has 0 spiro atoms. The Morgan fingerprint density at radius 1 is 1.40 bits per heavy atom. The highest BCUT2D eigenvalue weighted by atomic mass is 32.2. The van der Waals surface area contributed by atoms with Gasteiger partial charge in [-0.15, -0.1) is 0 Å². The third kappa shape index (κ3) is 3.77. The SMILES string of the molecule is C[C@H]1CN(S(C)(=O)=O)CC[C@@H]1NCc1ccccc1F. The summed E-state index contributed by atoms with van der Waals surface area (Å²) in [5.74, 6) is 0.00599. The summed E-state index contributed by atoms with van der Waals surface area (Å²) in [6, 6.07) is 6.92. The van der Waals surface area contributed by atoms with Crippen LogP contribution in [-0.4, -0.2) is 38.1 Å². The van der Waals surface area contributed by atoms with Crippen molar-refractivity contribution in [1.82, 2.24) is 9.62 Å². The van der Waals surface area contributed by atoms with Gasteiger partial charge in [-0.25, -0.2) is 17.1 Å². The molecule has 6 heteroatoms. The maximum absolute atomic E-state index is 13.5. The summed E-state index contributed by atoms with van der Waals surface area (Å²) in [6.45, 7) is 3.54. The number of piperidine rings is 1. The standard InChI is InChI=1S/C14H21FN2O2S/c1-11-10-17(20(2,18)19)8-7-14(11)16-9-12-5-3-4-6-13(12)15/h3-6,11,14,16H,7-10H2,1-2H3/t11-,14-/m0/s1. The second-order valence-corrected chi connectivity index (χ2v) is 7.45. The number of benzene rings is 1. The van der Waals surface area contributed by atoms with Crippen molar-refractivity contribution in [3.63, 3.8) is 0 Å². The monoisotopic (exact) mass is 300 g/mol. The second-order valence-electron chi connectivity index (χ2n) is 5.47. The molecule has 0 aromatic heterocycles. The molecule has 0 amide bonds. The molecule has 2 rings (SSSR count). The van der Waals surface area contributed by atoms with Gasteiger partial charge in [0.05, 0.1) is 6.26 Å². The Hall–Kier alpha value is -0.980. The van der Waals surface area contributed by atoms with Gasteiger partial charge in [0.15, 0.2) is 0 Å². The zero-order valence-corrected chi connectivity index (χ0v) is 12.7. The van der Waals surface area contributed by atoms with Crippen LogP contribution in [-0.2, 0) is 16.6 Å². The Bertz CT molecular complexity index is 562. The molecule has 1 aliphatic rings. The third-order valence-corrected chi connectivity index (χ3v) is 5.12. The lowest BCUT2D eigenvalue weighted by atomic mass is 9.95. The van der Waals surface area contributed by atoms with Crippen molar-refractivity contribution in [1.29, 1.82) is 0 Å². The van der Waals surface area contributed by atoms with Gasteiger partial charge in [-0.05, 0) is 18.4 Å². The molecule has 1 heterocycles. The fourth-order valence-corrected chi connectivity index (χ4v) is 3.54. The Labute approximate surface area is 120 Å². The zero-order valence-electron chi connectivity index (χ0n) is 11.8. The molecule has 20 heavy (non-hydrogen) atoms. The quantitative estimate of drug-likeness (QED) is 0.918. The first-order chi connectivity index (χ1) is 9.38. The highest BCUT2D eigenvalue weighted by Gasteiger charge is 2.30. The number of rotatable bonds is 4. The Balaban J connectivity index is 1.91. The van der Waals surface area contributed by atoms with Gasteiger partial charge >= 0.3 is 0 Å². The van der Waals surface area contributed by atoms with Gasteiger partial charge in [0, 0.05) is 31.2 Å². The van der Waals surface area contributed by atoms with E-state index in [-0.39, 0.29) is 17.8 Å². The molecule has 1 fully saturated rings. The van der Waals surface area contributed by atoms with Crippen LogP contribution in [0.5, 0.6) is 0 Å². The Kier molecular flexibility index (Phi) is 4.78. The molecule has 0 bridgehead atoms. The van der Waals surface area contributed by atoms with Crippen LogP contribution in [0.15, 0.2) is 24.3 Å². The molecular weight excluding hydrogens is 279 g/mol. The Morgan fingerprint density at radius 2 is 2.10 bits per heavy atom. The minimum Gasteiger partial charge on any atom is -0.309 e. The molecule has 2 atom stereocenters. The molecule has 0 aliphatic carbocycles. The van der Waals surface area contributed by atoms with Crippen LogP contribution in [0.25, 0.3) is 0 Å². The highest BCUT2D eigenvalue weighted by molar-refractivity contribution is 7.88. The van der Waals surface area contributed by atoms with E-state index in [4.69, 9.17) is 0 Å². The summed E-state index contributed by atoms with van der Waals surface area (Å²) < 4.78 is 38.1. The number of halogens is 1. The predicted molar refractivity (Wildman–Crippen MR) is 77.2 cm³/mol.